The van der Waals surface area contributed by atoms with E-state index in [1.165, 1.54) is 51.4 Å². The lowest BCUT2D eigenvalue weighted by atomic mass is 9.68. The molecule has 0 amide bonds. The molecule has 0 bridgehead atoms. The van der Waals surface area contributed by atoms with Crippen LogP contribution in [0.3, 0.4) is 0 Å². The summed E-state index contributed by atoms with van der Waals surface area (Å²) in [6.07, 6.45) is 13.5. The molecule has 2 aliphatic carbocycles. The van der Waals surface area contributed by atoms with Gasteiger partial charge in [-0.1, -0.05) is 51.7 Å². The number of aryl methyl sites for hydroxylation is 1. The fourth-order valence-electron chi connectivity index (χ4n) is 6.17. The van der Waals surface area contributed by atoms with Gasteiger partial charge in [0.2, 0.25) is 0 Å². The first kappa shape index (κ1) is 20.8. The van der Waals surface area contributed by atoms with Gasteiger partial charge in [-0.3, -0.25) is 0 Å². The van der Waals surface area contributed by atoms with Crippen LogP contribution in [0.4, 0.5) is 8.78 Å². The van der Waals surface area contributed by atoms with Crippen LogP contribution in [0.25, 0.3) is 10.8 Å². The molecule has 0 N–H and O–H groups in total. The summed E-state index contributed by atoms with van der Waals surface area (Å²) in [4.78, 5) is 0. The quantitative estimate of drug-likeness (QED) is 0.473. The third-order valence-corrected chi connectivity index (χ3v) is 7.99. The van der Waals surface area contributed by atoms with E-state index in [-0.39, 0.29) is 5.92 Å². The van der Waals surface area contributed by atoms with Crippen molar-refractivity contribution in [2.45, 2.75) is 90.4 Å². The minimum atomic E-state index is -0.649. The third-order valence-electron chi connectivity index (χ3n) is 7.99. The molecule has 0 nitrogen and oxygen atoms in total. The molecular formula is C27H36F2. The largest absolute Gasteiger partial charge is 0.203 e. The minimum absolute atomic E-state index is 0.174. The first-order chi connectivity index (χ1) is 14.1. The second-order valence-corrected chi connectivity index (χ2v) is 9.68. The number of benzene rings is 2. The summed E-state index contributed by atoms with van der Waals surface area (Å²) in [6, 6.07) is 7.73. The maximum Gasteiger partial charge on any atom is 0.166 e. The van der Waals surface area contributed by atoms with Gasteiger partial charge >= 0.3 is 0 Å². The van der Waals surface area contributed by atoms with Crippen LogP contribution in [-0.4, -0.2) is 0 Å². The SMILES string of the molecule is CCCC1CCC(C2CCC(c3cc4ccc(CC)cc4c(F)c3F)CC2)CC1. The molecule has 2 aromatic rings. The lowest BCUT2D eigenvalue weighted by molar-refractivity contribution is 0.156. The average Bonchev–Trinajstić information content (AvgIpc) is 2.77. The predicted molar refractivity (Wildman–Crippen MR) is 118 cm³/mol. The molecule has 0 saturated heterocycles. The van der Waals surface area contributed by atoms with Crippen molar-refractivity contribution in [2.75, 3.05) is 0 Å². The van der Waals surface area contributed by atoms with E-state index >= 15 is 0 Å². The molecule has 0 heterocycles. The number of hydrogen-bond acceptors (Lipinski definition) is 0. The molecule has 4 rings (SSSR count). The van der Waals surface area contributed by atoms with Gasteiger partial charge in [0, 0.05) is 5.39 Å². The maximum absolute atomic E-state index is 14.9. The second kappa shape index (κ2) is 9.14. The van der Waals surface area contributed by atoms with E-state index in [9.17, 15) is 8.78 Å². The van der Waals surface area contributed by atoms with E-state index < -0.39 is 11.6 Å². The van der Waals surface area contributed by atoms with Gasteiger partial charge in [0.25, 0.3) is 0 Å². The first-order valence-electron chi connectivity index (χ1n) is 12.0. The Morgan fingerprint density at radius 1 is 0.793 bits per heavy atom. The van der Waals surface area contributed by atoms with Crippen LogP contribution in [0, 0.1) is 29.4 Å². The summed E-state index contributed by atoms with van der Waals surface area (Å²) in [5, 5.41) is 1.27. The van der Waals surface area contributed by atoms with E-state index in [1.54, 1.807) is 0 Å². The topological polar surface area (TPSA) is 0 Å². The van der Waals surface area contributed by atoms with Crippen LogP contribution >= 0.6 is 0 Å². The first-order valence-corrected chi connectivity index (χ1v) is 12.0. The van der Waals surface area contributed by atoms with Crippen molar-refractivity contribution in [1.29, 1.82) is 0 Å². The zero-order chi connectivity index (χ0) is 20.4. The molecule has 0 spiro atoms. The van der Waals surface area contributed by atoms with Gasteiger partial charge in [0.1, 0.15) is 0 Å². The van der Waals surface area contributed by atoms with E-state index in [0.717, 1.165) is 48.0 Å². The molecule has 2 heteroatoms. The minimum Gasteiger partial charge on any atom is -0.203 e. The summed E-state index contributed by atoms with van der Waals surface area (Å²) in [5.41, 5.74) is 1.67. The van der Waals surface area contributed by atoms with E-state index in [2.05, 4.69) is 6.92 Å². The van der Waals surface area contributed by atoms with Crippen molar-refractivity contribution >= 4 is 10.8 Å². The number of halogens is 2. The lowest BCUT2D eigenvalue weighted by Gasteiger charge is -2.38. The van der Waals surface area contributed by atoms with Crippen molar-refractivity contribution in [1.82, 2.24) is 0 Å². The van der Waals surface area contributed by atoms with Crippen molar-refractivity contribution in [3.05, 3.63) is 47.0 Å². The average molecular weight is 399 g/mol. The van der Waals surface area contributed by atoms with Gasteiger partial charge in [-0.2, -0.15) is 0 Å². The molecular weight excluding hydrogens is 362 g/mol. The van der Waals surface area contributed by atoms with Crippen molar-refractivity contribution in [3.63, 3.8) is 0 Å². The molecule has 0 unspecified atom stereocenters. The summed E-state index contributed by atoms with van der Waals surface area (Å²) in [5.74, 6) is 1.55. The van der Waals surface area contributed by atoms with Gasteiger partial charge in [0.15, 0.2) is 11.6 Å². The van der Waals surface area contributed by atoms with Crippen molar-refractivity contribution in [3.8, 4) is 0 Å². The maximum atomic E-state index is 14.9. The molecule has 158 valence electrons. The van der Waals surface area contributed by atoms with Crippen LogP contribution in [0.1, 0.15) is 95.1 Å². The molecule has 0 radical (unpaired) electrons. The highest BCUT2D eigenvalue weighted by atomic mass is 19.2. The highest BCUT2D eigenvalue weighted by Gasteiger charge is 2.32. The van der Waals surface area contributed by atoms with E-state index in [4.69, 9.17) is 0 Å². The molecule has 2 fully saturated rings. The predicted octanol–water partition coefficient (Wildman–Crippen LogP) is 8.56. The fourth-order valence-corrected chi connectivity index (χ4v) is 6.17. The van der Waals surface area contributed by atoms with Gasteiger partial charge in [-0.15, -0.1) is 0 Å². The number of hydrogen-bond donors (Lipinski definition) is 0. The van der Waals surface area contributed by atoms with Gasteiger partial charge in [-0.25, -0.2) is 8.78 Å². The zero-order valence-corrected chi connectivity index (χ0v) is 18.2. The van der Waals surface area contributed by atoms with Crippen LogP contribution in [0.15, 0.2) is 24.3 Å². The third kappa shape index (κ3) is 4.37. The summed E-state index contributed by atoms with van der Waals surface area (Å²) in [6.45, 7) is 4.34. The highest BCUT2D eigenvalue weighted by Crippen LogP contribution is 2.45. The van der Waals surface area contributed by atoms with Gasteiger partial charge < -0.3 is 0 Å². The summed E-state index contributed by atoms with van der Waals surface area (Å²) in [7, 11) is 0. The molecule has 29 heavy (non-hydrogen) atoms. The lowest BCUT2D eigenvalue weighted by Crippen LogP contribution is -2.25. The van der Waals surface area contributed by atoms with Crippen LogP contribution in [-0.2, 0) is 6.42 Å². The van der Waals surface area contributed by atoms with Crippen LogP contribution in [0.2, 0.25) is 0 Å². The Hall–Kier alpha value is -1.44. The van der Waals surface area contributed by atoms with Crippen molar-refractivity contribution < 1.29 is 8.78 Å². The standard InChI is InChI=1S/C27H36F2/c1-3-5-19-7-9-20(10-8-19)21-12-14-22(15-13-21)25-17-23-11-6-18(4-2)16-24(23)26(28)27(25)29/h6,11,16-17,19-22H,3-5,7-10,12-15H2,1-2H3. The Kier molecular flexibility index (Phi) is 6.56. The van der Waals surface area contributed by atoms with Crippen LogP contribution in [0.5, 0.6) is 0 Å². The highest BCUT2D eigenvalue weighted by molar-refractivity contribution is 5.85. The Bertz CT molecular complexity index is 824. The zero-order valence-electron chi connectivity index (χ0n) is 18.2. The monoisotopic (exact) mass is 398 g/mol. The Morgan fingerprint density at radius 3 is 2.07 bits per heavy atom. The Balaban J connectivity index is 1.43. The van der Waals surface area contributed by atoms with E-state index in [0.29, 0.717) is 10.9 Å². The normalized spacial score (nSPS) is 28.0. The molecule has 0 atom stereocenters. The van der Waals surface area contributed by atoms with Gasteiger partial charge in [0.05, 0.1) is 0 Å². The molecule has 2 saturated carbocycles. The molecule has 0 aliphatic heterocycles. The summed E-state index contributed by atoms with van der Waals surface area (Å²) >= 11 is 0. The fraction of sp³-hybridized carbons (Fsp3) is 0.630. The molecule has 2 aliphatic rings. The smallest absolute Gasteiger partial charge is 0.166 e. The van der Waals surface area contributed by atoms with E-state index in [1.807, 2.05) is 31.2 Å². The summed E-state index contributed by atoms with van der Waals surface area (Å²) < 4.78 is 29.8. The van der Waals surface area contributed by atoms with Crippen LogP contribution < -0.4 is 0 Å². The van der Waals surface area contributed by atoms with Crippen molar-refractivity contribution in [2.24, 2.45) is 17.8 Å². The Labute approximate surface area is 175 Å². The number of rotatable bonds is 5. The van der Waals surface area contributed by atoms with Gasteiger partial charge in [-0.05, 0) is 97.3 Å². The Morgan fingerprint density at radius 2 is 1.45 bits per heavy atom. The molecule has 2 aromatic carbocycles. The number of fused-ring (bicyclic) bond motifs is 1. The second-order valence-electron chi connectivity index (χ2n) is 9.68. The molecule has 0 aromatic heterocycles.